The molecule has 1 amide bonds. The van der Waals surface area contributed by atoms with Crippen LogP contribution in [-0.4, -0.2) is 17.6 Å². The Morgan fingerprint density at radius 3 is 2.24 bits per heavy atom. The van der Waals surface area contributed by atoms with Gasteiger partial charge in [-0.2, -0.15) is 0 Å². The third-order valence-corrected chi connectivity index (χ3v) is 6.85. The number of hydrogen-bond donors (Lipinski definition) is 1. The number of methoxy groups -OCH3 is 1. The Balaban J connectivity index is 1.53. The summed E-state index contributed by atoms with van der Waals surface area (Å²) in [6.07, 6.45) is 0. The predicted molar refractivity (Wildman–Crippen MR) is 152 cm³/mol. The molecule has 5 aromatic carbocycles. The number of nitrogens with two attached hydrogens (primary N) is 1. The van der Waals surface area contributed by atoms with E-state index in [1.807, 2.05) is 84.9 Å². The number of carbonyl (C=O) groups is 1. The number of aromatic nitrogens is 1. The fraction of sp³-hybridized carbons (Fsp3) is 0.0606. The molecule has 0 fully saturated rings. The highest BCUT2D eigenvalue weighted by atomic mass is 16.5. The molecule has 6 rings (SSSR count). The monoisotopic (exact) mass is 498 g/mol. The largest absolute Gasteiger partial charge is 0.497 e. The average Bonchev–Trinajstić information content (AvgIpc) is 3.27. The van der Waals surface area contributed by atoms with E-state index < -0.39 is 5.91 Å². The van der Waals surface area contributed by atoms with Crippen LogP contribution in [0.25, 0.3) is 32.9 Å². The van der Waals surface area contributed by atoms with Crippen molar-refractivity contribution in [2.24, 2.45) is 5.73 Å². The van der Waals surface area contributed by atoms with Crippen LogP contribution in [-0.2, 0) is 6.54 Å². The van der Waals surface area contributed by atoms with Gasteiger partial charge in [0.05, 0.1) is 24.7 Å². The number of hydrogen-bond acceptors (Lipinski definition) is 3. The van der Waals surface area contributed by atoms with Crippen molar-refractivity contribution >= 4 is 27.7 Å². The number of ether oxygens (including phenoxy) is 2. The van der Waals surface area contributed by atoms with Crippen LogP contribution in [0.2, 0.25) is 0 Å². The predicted octanol–water partition coefficient (Wildman–Crippen LogP) is 7.41. The molecule has 1 heterocycles. The number of para-hydroxylation sites is 2. The maximum absolute atomic E-state index is 12.4. The summed E-state index contributed by atoms with van der Waals surface area (Å²) in [5, 5.41) is 1.84. The molecule has 0 saturated heterocycles. The van der Waals surface area contributed by atoms with Crippen molar-refractivity contribution in [1.29, 1.82) is 0 Å². The Morgan fingerprint density at radius 2 is 1.47 bits per heavy atom. The number of rotatable bonds is 7. The zero-order valence-corrected chi connectivity index (χ0v) is 20.9. The second kappa shape index (κ2) is 9.79. The van der Waals surface area contributed by atoms with Gasteiger partial charge in [-0.1, -0.05) is 66.7 Å². The summed E-state index contributed by atoms with van der Waals surface area (Å²) in [6, 6.07) is 37.8. The van der Waals surface area contributed by atoms with E-state index in [0.29, 0.717) is 12.1 Å². The zero-order chi connectivity index (χ0) is 26.1. The molecule has 2 N–H and O–H groups in total. The second-order valence-electron chi connectivity index (χ2n) is 9.13. The summed E-state index contributed by atoms with van der Waals surface area (Å²) in [5.41, 5.74) is 11.4. The zero-order valence-electron chi connectivity index (χ0n) is 20.9. The number of primary amides is 1. The fourth-order valence-electron chi connectivity index (χ4n) is 5.00. The minimum absolute atomic E-state index is 0.443. The minimum atomic E-state index is -0.443. The van der Waals surface area contributed by atoms with Gasteiger partial charge in [0.15, 0.2) is 0 Å². The number of nitrogens with zero attached hydrogens (tertiary/aromatic N) is 1. The molecule has 5 nitrogen and oxygen atoms in total. The summed E-state index contributed by atoms with van der Waals surface area (Å²) < 4.78 is 13.8. The molecule has 0 aliphatic carbocycles. The van der Waals surface area contributed by atoms with Crippen LogP contribution in [0.15, 0.2) is 115 Å². The minimum Gasteiger partial charge on any atom is -0.497 e. The normalized spacial score (nSPS) is 11.1. The molecule has 0 unspecified atom stereocenters. The molecule has 6 aromatic rings. The topological polar surface area (TPSA) is 66.5 Å². The lowest BCUT2D eigenvalue weighted by atomic mass is 10.0. The molecule has 0 aliphatic heterocycles. The van der Waals surface area contributed by atoms with Crippen molar-refractivity contribution in [2.45, 2.75) is 6.54 Å². The van der Waals surface area contributed by atoms with Gasteiger partial charge in [-0.3, -0.25) is 4.79 Å². The summed E-state index contributed by atoms with van der Waals surface area (Å²) >= 11 is 0. The van der Waals surface area contributed by atoms with Gasteiger partial charge in [0, 0.05) is 21.9 Å². The Morgan fingerprint density at radius 1 is 0.737 bits per heavy atom. The van der Waals surface area contributed by atoms with Crippen molar-refractivity contribution < 1.29 is 14.3 Å². The van der Waals surface area contributed by atoms with Crippen LogP contribution in [0.5, 0.6) is 17.2 Å². The van der Waals surface area contributed by atoms with Gasteiger partial charge in [-0.15, -0.1) is 0 Å². The first kappa shape index (κ1) is 23.4. The van der Waals surface area contributed by atoms with Gasteiger partial charge in [0.2, 0.25) is 5.91 Å². The van der Waals surface area contributed by atoms with Gasteiger partial charge < -0.3 is 19.8 Å². The average molecular weight is 499 g/mol. The van der Waals surface area contributed by atoms with E-state index in [0.717, 1.165) is 55.7 Å². The van der Waals surface area contributed by atoms with Gasteiger partial charge in [-0.05, 0) is 59.7 Å². The summed E-state index contributed by atoms with van der Waals surface area (Å²) in [6.45, 7) is 0.553. The van der Waals surface area contributed by atoms with Crippen molar-refractivity contribution in [3.63, 3.8) is 0 Å². The second-order valence-corrected chi connectivity index (χ2v) is 9.13. The van der Waals surface area contributed by atoms with E-state index in [2.05, 4.69) is 28.8 Å². The standard InChI is InChI=1S/C33H26N2O3/c1-37-25-17-14-22(15-18-25)23-16-19-27-30(20-23)35(29-12-7-11-28(32(27)29)33(34)36)21-24-8-5-6-13-31(24)38-26-9-3-2-4-10-26/h2-20H,21H2,1H3,(H2,34,36). The Hall–Kier alpha value is -5.03. The molecule has 0 bridgehead atoms. The van der Waals surface area contributed by atoms with E-state index in [-0.39, 0.29) is 0 Å². The molecular formula is C33H26N2O3. The highest BCUT2D eigenvalue weighted by molar-refractivity contribution is 6.18. The molecular weight excluding hydrogens is 472 g/mol. The quantitative estimate of drug-likeness (QED) is 0.249. The van der Waals surface area contributed by atoms with Crippen LogP contribution < -0.4 is 15.2 Å². The van der Waals surface area contributed by atoms with Crippen molar-refractivity contribution in [1.82, 2.24) is 4.57 Å². The summed E-state index contributed by atoms with van der Waals surface area (Å²) in [5.74, 6) is 1.93. The van der Waals surface area contributed by atoms with Gasteiger partial charge in [0.25, 0.3) is 0 Å². The Kier molecular flexibility index (Phi) is 6.02. The van der Waals surface area contributed by atoms with Gasteiger partial charge in [-0.25, -0.2) is 0 Å². The highest BCUT2D eigenvalue weighted by Gasteiger charge is 2.18. The molecule has 0 aliphatic rings. The van der Waals surface area contributed by atoms with Crippen molar-refractivity contribution in [2.75, 3.05) is 7.11 Å². The third-order valence-electron chi connectivity index (χ3n) is 6.85. The maximum atomic E-state index is 12.4. The first-order chi connectivity index (χ1) is 18.6. The first-order valence-corrected chi connectivity index (χ1v) is 12.4. The lowest BCUT2D eigenvalue weighted by Gasteiger charge is -2.14. The fourth-order valence-corrected chi connectivity index (χ4v) is 5.00. The van der Waals surface area contributed by atoms with Crippen LogP contribution in [0.1, 0.15) is 15.9 Å². The number of carbonyl (C=O) groups excluding carboxylic acids is 1. The maximum Gasteiger partial charge on any atom is 0.249 e. The smallest absolute Gasteiger partial charge is 0.249 e. The third kappa shape index (κ3) is 4.24. The summed E-state index contributed by atoms with van der Waals surface area (Å²) in [7, 11) is 1.66. The van der Waals surface area contributed by atoms with E-state index in [1.165, 1.54) is 0 Å². The van der Waals surface area contributed by atoms with E-state index in [9.17, 15) is 4.79 Å². The van der Waals surface area contributed by atoms with Crippen molar-refractivity contribution in [3.05, 3.63) is 126 Å². The van der Waals surface area contributed by atoms with E-state index in [4.69, 9.17) is 15.2 Å². The molecule has 0 atom stereocenters. The first-order valence-electron chi connectivity index (χ1n) is 12.4. The molecule has 0 spiro atoms. The molecule has 0 radical (unpaired) electrons. The van der Waals surface area contributed by atoms with E-state index >= 15 is 0 Å². The van der Waals surface area contributed by atoms with E-state index in [1.54, 1.807) is 13.2 Å². The lowest BCUT2D eigenvalue weighted by Crippen LogP contribution is -2.11. The van der Waals surface area contributed by atoms with Gasteiger partial charge >= 0.3 is 0 Å². The molecule has 5 heteroatoms. The van der Waals surface area contributed by atoms with Crippen LogP contribution in [0.4, 0.5) is 0 Å². The Labute approximate surface area is 220 Å². The van der Waals surface area contributed by atoms with Gasteiger partial charge in [0.1, 0.15) is 17.2 Å². The Bertz CT molecular complexity index is 1770. The van der Waals surface area contributed by atoms with Crippen LogP contribution in [0.3, 0.4) is 0 Å². The number of amides is 1. The highest BCUT2D eigenvalue weighted by Crippen LogP contribution is 2.36. The van der Waals surface area contributed by atoms with Crippen LogP contribution >= 0.6 is 0 Å². The molecule has 186 valence electrons. The molecule has 0 saturated carbocycles. The number of benzene rings is 5. The number of fused-ring (bicyclic) bond motifs is 3. The SMILES string of the molecule is COc1ccc(-c2ccc3c4c(C(N)=O)cccc4n(Cc4ccccc4Oc4ccccc4)c3c2)cc1. The van der Waals surface area contributed by atoms with Crippen molar-refractivity contribution in [3.8, 4) is 28.4 Å². The van der Waals surface area contributed by atoms with Crippen LogP contribution in [0, 0.1) is 0 Å². The molecule has 38 heavy (non-hydrogen) atoms. The molecule has 1 aromatic heterocycles. The summed E-state index contributed by atoms with van der Waals surface area (Å²) in [4.78, 5) is 12.4. The lowest BCUT2D eigenvalue weighted by molar-refractivity contribution is 0.100.